The van der Waals surface area contributed by atoms with E-state index in [0.717, 1.165) is 5.92 Å². The molecule has 0 heterocycles. The zero-order valence-electron chi connectivity index (χ0n) is 7.06. The molecule has 1 heteroatoms. The second-order valence-electron chi connectivity index (χ2n) is 3.20. The Morgan fingerprint density at radius 1 is 1.20 bits per heavy atom. The van der Waals surface area contributed by atoms with Crippen LogP contribution in [0.2, 0.25) is 0 Å². The summed E-state index contributed by atoms with van der Waals surface area (Å²) in [6.45, 7) is 4.57. The van der Waals surface area contributed by atoms with E-state index in [1.807, 2.05) is 0 Å². The molecule has 58 valence electrons. The average molecular weight is 156 g/mol. The van der Waals surface area contributed by atoms with Crippen molar-refractivity contribution in [3.63, 3.8) is 0 Å². The van der Waals surface area contributed by atoms with Crippen LogP contribution < -0.4 is 0 Å². The number of rotatable bonds is 1. The molecule has 0 radical (unpaired) electrons. The van der Waals surface area contributed by atoms with Crippen molar-refractivity contribution in [2.24, 2.45) is 5.92 Å². The monoisotopic (exact) mass is 156 g/mol. The molecule has 1 aliphatic carbocycles. The van der Waals surface area contributed by atoms with Crippen molar-refractivity contribution in [2.75, 3.05) is 6.66 Å². The molecule has 1 aliphatic rings. The molecule has 0 aromatic carbocycles. The highest BCUT2D eigenvalue weighted by Gasteiger charge is 2.13. The third kappa shape index (κ3) is 2.09. The van der Waals surface area contributed by atoms with Gasteiger partial charge in [0.25, 0.3) is 0 Å². The SMILES string of the molecule is CP=C(C)C1CCCCC1. The minimum absolute atomic E-state index is 0.973. The van der Waals surface area contributed by atoms with E-state index in [2.05, 4.69) is 13.6 Å². The smallest absolute Gasteiger partial charge is 0.0163 e. The van der Waals surface area contributed by atoms with Gasteiger partial charge in [0, 0.05) is 0 Å². The second kappa shape index (κ2) is 4.13. The van der Waals surface area contributed by atoms with E-state index in [9.17, 15) is 0 Å². The van der Waals surface area contributed by atoms with Gasteiger partial charge in [-0.05, 0) is 37.6 Å². The highest BCUT2D eigenvalue weighted by atomic mass is 31.1. The molecular formula is C9H17P. The molecule has 0 saturated heterocycles. The molecule has 10 heavy (non-hydrogen) atoms. The van der Waals surface area contributed by atoms with Gasteiger partial charge in [-0.25, -0.2) is 0 Å². The predicted molar refractivity (Wildman–Crippen MR) is 50.1 cm³/mol. The fraction of sp³-hybridized carbons (Fsp3) is 0.889. The Balaban J connectivity index is 2.39. The summed E-state index contributed by atoms with van der Waals surface area (Å²) in [6.07, 6.45) is 7.35. The molecule has 0 nitrogen and oxygen atoms in total. The first-order valence-corrected chi connectivity index (χ1v) is 5.62. The molecule has 0 aromatic heterocycles. The van der Waals surface area contributed by atoms with E-state index >= 15 is 0 Å². The van der Waals surface area contributed by atoms with E-state index in [0.29, 0.717) is 0 Å². The second-order valence-corrected chi connectivity index (χ2v) is 4.35. The van der Waals surface area contributed by atoms with Crippen LogP contribution in [0.5, 0.6) is 0 Å². The summed E-state index contributed by atoms with van der Waals surface area (Å²) in [5.41, 5.74) is 0. The van der Waals surface area contributed by atoms with Crippen LogP contribution >= 0.6 is 8.20 Å². The van der Waals surface area contributed by atoms with Crippen molar-refractivity contribution >= 4 is 13.5 Å². The van der Waals surface area contributed by atoms with Crippen LogP contribution in [0.1, 0.15) is 39.0 Å². The van der Waals surface area contributed by atoms with Gasteiger partial charge in [-0.15, -0.1) is 8.20 Å². The van der Waals surface area contributed by atoms with Crippen molar-refractivity contribution in [2.45, 2.75) is 39.0 Å². The van der Waals surface area contributed by atoms with Gasteiger partial charge in [-0.1, -0.05) is 19.3 Å². The van der Waals surface area contributed by atoms with Gasteiger partial charge in [0.15, 0.2) is 0 Å². The highest BCUT2D eigenvalue weighted by Crippen LogP contribution is 2.26. The van der Waals surface area contributed by atoms with Crippen LogP contribution in [0, 0.1) is 5.92 Å². The Kier molecular flexibility index (Phi) is 3.42. The van der Waals surface area contributed by atoms with E-state index in [1.54, 1.807) is 5.29 Å². The van der Waals surface area contributed by atoms with Crippen molar-refractivity contribution in [3.8, 4) is 0 Å². The van der Waals surface area contributed by atoms with Crippen LogP contribution in [0.3, 0.4) is 0 Å². The maximum Gasteiger partial charge on any atom is -0.0163 e. The van der Waals surface area contributed by atoms with E-state index in [4.69, 9.17) is 0 Å². The minimum Gasteiger partial charge on any atom is -0.109 e. The Morgan fingerprint density at radius 3 is 2.30 bits per heavy atom. The fourth-order valence-electron chi connectivity index (χ4n) is 1.70. The normalized spacial score (nSPS) is 23.2. The Morgan fingerprint density at radius 2 is 1.80 bits per heavy atom. The van der Waals surface area contributed by atoms with Gasteiger partial charge >= 0.3 is 0 Å². The first kappa shape index (κ1) is 8.27. The fourth-order valence-corrected chi connectivity index (χ4v) is 2.33. The first-order valence-electron chi connectivity index (χ1n) is 4.28. The van der Waals surface area contributed by atoms with E-state index < -0.39 is 0 Å². The third-order valence-electron chi connectivity index (χ3n) is 2.55. The topological polar surface area (TPSA) is 0 Å². The lowest BCUT2D eigenvalue weighted by Gasteiger charge is -2.21. The minimum atomic E-state index is 0.973. The number of hydrogen-bond acceptors (Lipinski definition) is 0. The summed E-state index contributed by atoms with van der Waals surface area (Å²) < 4.78 is 0. The van der Waals surface area contributed by atoms with Gasteiger partial charge in [0.2, 0.25) is 0 Å². The van der Waals surface area contributed by atoms with E-state index in [1.165, 1.54) is 40.3 Å². The third-order valence-corrected chi connectivity index (χ3v) is 3.62. The first-order chi connectivity index (χ1) is 4.84. The van der Waals surface area contributed by atoms with Crippen LogP contribution in [0.25, 0.3) is 0 Å². The summed E-state index contributed by atoms with van der Waals surface area (Å²) in [5, 5.41) is 1.71. The molecule has 0 aromatic rings. The molecular weight excluding hydrogens is 139 g/mol. The van der Waals surface area contributed by atoms with Gasteiger partial charge in [-0.3, -0.25) is 0 Å². The molecule has 1 fully saturated rings. The zero-order chi connectivity index (χ0) is 7.40. The van der Waals surface area contributed by atoms with Crippen molar-refractivity contribution in [1.29, 1.82) is 0 Å². The summed E-state index contributed by atoms with van der Waals surface area (Å²) in [6, 6.07) is 0. The molecule has 0 amide bonds. The summed E-state index contributed by atoms with van der Waals surface area (Å²) in [4.78, 5) is 0. The maximum atomic E-state index is 2.32. The Hall–Kier alpha value is 0.170. The van der Waals surface area contributed by atoms with Gasteiger partial charge in [0.1, 0.15) is 0 Å². The molecule has 1 rings (SSSR count). The maximum absolute atomic E-state index is 2.32. The standard InChI is InChI=1S/C9H17P/c1-8(10-2)9-6-4-3-5-7-9/h9H,3-7H2,1-2H3. The summed E-state index contributed by atoms with van der Waals surface area (Å²) in [5.74, 6) is 0.973. The van der Waals surface area contributed by atoms with Gasteiger partial charge < -0.3 is 0 Å². The lowest BCUT2D eigenvalue weighted by molar-refractivity contribution is 0.441. The lowest BCUT2D eigenvalue weighted by Crippen LogP contribution is -2.12. The van der Waals surface area contributed by atoms with E-state index in [-0.39, 0.29) is 0 Å². The molecule has 0 aliphatic heterocycles. The lowest BCUT2D eigenvalue weighted by atomic mass is 9.87. The summed E-state index contributed by atoms with van der Waals surface area (Å²) in [7, 11) is 1.51. The molecule has 0 N–H and O–H groups in total. The van der Waals surface area contributed by atoms with Gasteiger partial charge in [0.05, 0.1) is 0 Å². The van der Waals surface area contributed by atoms with Gasteiger partial charge in [-0.2, -0.15) is 0 Å². The Bertz CT molecular complexity index is 121. The van der Waals surface area contributed by atoms with Crippen molar-refractivity contribution in [3.05, 3.63) is 0 Å². The average Bonchev–Trinajstić information content (AvgIpc) is 2.05. The quantitative estimate of drug-likeness (QED) is 0.511. The summed E-state index contributed by atoms with van der Waals surface area (Å²) >= 11 is 0. The van der Waals surface area contributed by atoms with Crippen molar-refractivity contribution in [1.82, 2.24) is 0 Å². The predicted octanol–water partition coefficient (Wildman–Crippen LogP) is 3.34. The van der Waals surface area contributed by atoms with Crippen molar-refractivity contribution < 1.29 is 0 Å². The number of hydrogen-bond donors (Lipinski definition) is 0. The molecule has 0 spiro atoms. The molecule has 0 unspecified atom stereocenters. The van der Waals surface area contributed by atoms with Crippen LogP contribution in [0.15, 0.2) is 0 Å². The highest BCUT2D eigenvalue weighted by molar-refractivity contribution is 7.39. The Labute approximate surface area is 65.8 Å². The molecule has 0 atom stereocenters. The van der Waals surface area contributed by atoms with Crippen LogP contribution in [-0.4, -0.2) is 12.0 Å². The molecule has 0 bridgehead atoms. The van der Waals surface area contributed by atoms with Crippen LogP contribution in [-0.2, 0) is 0 Å². The zero-order valence-corrected chi connectivity index (χ0v) is 7.95. The van der Waals surface area contributed by atoms with Crippen LogP contribution in [0.4, 0.5) is 0 Å². The largest absolute Gasteiger partial charge is 0.109 e. The molecule has 1 saturated carbocycles.